The first-order valence-electron chi connectivity index (χ1n) is 11.3. The predicted octanol–water partition coefficient (Wildman–Crippen LogP) is 5.81. The molecule has 5 heteroatoms. The van der Waals surface area contributed by atoms with Crippen molar-refractivity contribution in [3.05, 3.63) is 53.6 Å². The summed E-state index contributed by atoms with van der Waals surface area (Å²) in [6.45, 7) is 4.24. The molecule has 0 fully saturated rings. The van der Waals surface area contributed by atoms with Crippen LogP contribution in [-0.2, 0) is 10.2 Å². The number of aliphatic hydroxyl groups excluding tert-OH is 1. The molecular weight excluding hydrogens is 408 g/mol. The molecule has 2 aromatic rings. The summed E-state index contributed by atoms with van der Waals surface area (Å²) in [5.41, 5.74) is 2.81. The van der Waals surface area contributed by atoms with Crippen molar-refractivity contribution in [1.82, 2.24) is 0 Å². The van der Waals surface area contributed by atoms with E-state index in [4.69, 9.17) is 19.3 Å². The Morgan fingerprint density at radius 1 is 0.935 bits per heavy atom. The highest BCUT2D eigenvalue weighted by Crippen LogP contribution is 2.52. The molecule has 1 aliphatic rings. The number of thioether (sulfide) groups is 1. The van der Waals surface area contributed by atoms with Crippen molar-refractivity contribution in [3.63, 3.8) is 0 Å². The molecule has 0 amide bonds. The highest BCUT2D eigenvalue weighted by molar-refractivity contribution is 7.99. The van der Waals surface area contributed by atoms with E-state index in [9.17, 15) is 0 Å². The molecule has 0 aliphatic carbocycles. The Morgan fingerprint density at radius 2 is 1.65 bits per heavy atom. The Balaban J connectivity index is 1.74. The van der Waals surface area contributed by atoms with Crippen LogP contribution in [0.5, 0.6) is 11.5 Å². The van der Waals surface area contributed by atoms with E-state index in [1.807, 2.05) is 11.8 Å². The van der Waals surface area contributed by atoms with E-state index in [0.717, 1.165) is 62.6 Å². The molecule has 0 bridgehead atoms. The number of rotatable bonds is 12. The van der Waals surface area contributed by atoms with Gasteiger partial charge in [-0.1, -0.05) is 25.1 Å². The molecule has 2 atom stereocenters. The molecule has 1 N–H and O–H groups in total. The number of hydrogen-bond donors (Lipinski definition) is 1. The van der Waals surface area contributed by atoms with Crippen LogP contribution in [0.1, 0.15) is 56.1 Å². The first kappa shape index (κ1) is 24.0. The molecule has 2 aromatic carbocycles. The van der Waals surface area contributed by atoms with Gasteiger partial charge in [0.15, 0.2) is 0 Å². The maximum absolute atomic E-state index is 8.88. The Labute approximate surface area is 191 Å². The number of hydrogen-bond acceptors (Lipinski definition) is 5. The van der Waals surface area contributed by atoms with E-state index in [2.05, 4.69) is 49.4 Å². The number of fused-ring (bicyclic) bond motifs is 1. The van der Waals surface area contributed by atoms with Crippen molar-refractivity contribution in [2.45, 2.75) is 55.3 Å². The molecule has 1 unspecified atom stereocenters. The lowest BCUT2D eigenvalue weighted by atomic mass is 9.68. The summed E-state index contributed by atoms with van der Waals surface area (Å²) in [6, 6.07) is 15.1. The van der Waals surface area contributed by atoms with Crippen molar-refractivity contribution in [2.24, 2.45) is 0 Å². The molecule has 0 spiro atoms. The van der Waals surface area contributed by atoms with Crippen molar-refractivity contribution in [1.29, 1.82) is 0 Å². The molecular formula is C26H36O4S. The molecule has 0 radical (unpaired) electrons. The average Bonchev–Trinajstić information content (AvgIpc) is 2.81. The zero-order chi connectivity index (χ0) is 22.1. The van der Waals surface area contributed by atoms with Crippen LogP contribution in [0.25, 0.3) is 0 Å². The monoisotopic (exact) mass is 444 g/mol. The highest BCUT2D eigenvalue weighted by atomic mass is 32.2. The third kappa shape index (κ3) is 5.97. The fraction of sp³-hybridized carbons (Fsp3) is 0.538. The first-order chi connectivity index (χ1) is 15.1. The largest absolute Gasteiger partial charge is 0.497 e. The Hall–Kier alpha value is -1.69. The maximum atomic E-state index is 8.88. The number of benzene rings is 2. The molecule has 1 heterocycles. The molecule has 0 saturated heterocycles. The van der Waals surface area contributed by atoms with Gasteiger partial charge in [-0.3, -0.25) is 0 Å². The van der Waals surface area contributed by atoms with Crippen LogP contribution >= 0.6 is 11.8 Å². The van der Waals surface area contributed by atoms with E-state index >= 15 is 0 Å². The zero-order valence-corrected chi connectivity index (χ0v) is 19.9. The Morgan fingerprint density at radius 3 is 2.35 bits per heavy atom. The van der Waals surface area contributed by atoms with Crippen molar-refractivity contribution < 1.29 is 19.3 Å². The van der Waals surface area contributed by atoms with Gasteiger partial charge >= 0.3 is 0 Å². The molecule has 170 valence electrons. The maximum Gasteiger partial charge on any atom is 0.119 e. The van der Waals surface area contributed by atoms with Crippen LogP contribution in [0.3, 0.4) is 0 Å². The van der Waals surface area contributed by atoms with Crippen LogP contribution < -0.4 is 9.47 Å². The SMILES string of the molecule is COc1ccc([C@@]2(C)CSc3cc(OC)ccc3C2CCCOCCCCCO)cc1. The van der Waals surface area contributed by atoms with E-state index in [1.165, 1.54) is 16.0 Å². The van der Waals surface area contributed by atoms with Crippen LogP contribution in [0.2, 0.25) is 0 Å². The summed E-state index contributed by atoms with van der Waals surface area (Å²) in [7, 11) is 3.44. The van der Waals surface area contributed by atoms with Crippen LogP contribution in [-0.4, -0.2) is 44.9 Å². The molecule has 0 saturated carbocycles. The van der Waals surface area contributed by atoms with E-state index in [-0.39, 0.29) is 12.0 Å². The fourth-order valence-corrected chi connectivity index (χ4v) is 5.84. The molecule has 3 rings (SSSR count). The lowest BCUT2D eigenvalue weighted by molar-refractivity contribution is 0.121. The smallest absolute Gasteiger partial charge is 0.119 e. The average molecular weight is 445 g/mol. The molecule has 31 heavy (non-hydrogen) atoms. The van der Waals surface area contributed by atoms with Gasteiger partial charge in [-0.25, -0.2) is 0 Å². The van der Waals surface area contributed by atoms with Crippen LogP contribution in [0.4, 0.5) is 0 Å². The summed E-state index contributed by atoms with van der Waals surface area (Å²) in [5, 5.41) is 8.88. The Kier molecular flexibility index (Phi) is 9.12. The highest BCUT2D eigenvalue weighted by Gasteiger charge is 2.41. The topological polar surface area (TPSA) is 47.9 Å². The Bertz CT molecular complexity index is 808. The summed E-state index contributed by atoms with van der Waals surface area (Å²) in [4.78, 5) is 1.33. The lowest BCUT2D eigenvalue weighted by Crippen LogP contribution is -2.36. The fourth-order valence-electron chi connectivity index (χ4n) is 4.44. The second kappa shape index (κ2) is 11.8. The molecule has 1 aliphatic heterocycles. The van der Waals surface area contributed by atoms with Gasteiger partial charge in [-0.05, 0) is 73.4 Å². The number of ether oxygens (including phenoxy) is 3. The summed E-state index contributed by atoms with van der Waals surface area (Å²) in [6.07, 6.45) is 5.03. The number of methoxy groups -OCH3 is 2. The second-order valence-corrected chi connectivity index (χ2v) is 9.45. The van der Waals surface area contributed by atoms with E-state index < -0.39 is 0 Å². The van der Waals surface area contributed by atoms with E-state index in [1.54, 1.807) is 14.2 Å². The lowest BCUT2D eigenvalue weighted by Gasteiger charge is -2.43. The molecule has 0 aromatic heterocycles. The van der Waals surface area contributed by atoms with Gasteiger partial charge in [0.25, 0.3) is 0 Å². The van der Waals surface area contributed by atoms with Crippen LogP contribution in [0, 0.1) is 0 Å². The van der Waals surface area contributed by atoms with Gasteiger partial charge in [0, 0.05) is 35.9 Å². The van der Waals surface area contributed by atoms with Crippen molar-refractivity contribution in [2.75, 3.05) is 39.8 Å². The van der Waals surface area contributed by atoms with Gasteiger partial charge in [0.2, 0.25) is 0 Å². The second-order valence-electron chi connectivity index (χ2n) is 8.43. The number of aliphatic hydroxyl groups is 1. The minimum Gasteiger partial charge on any atom is -0.497 e. The van der Waals surface area contributed by atoms with Gasteiger partial charge in [-0.2, -0.15) is 0 Å². The van der Waals surface area contributed by atoms with Crippen molar-refractivity contribution in [3.8, 4) is 11.5 Å². The van der Waals surface area contributed by atoms with Gasteiger partial charge in [-0.15, -0.1) is 11.8 Å². The third-order valence-corrected chi connectivity index (χ3v) is 7.78. The van der Waals surface area contributed by atoms with E-state index in [0.29, 0.717) is 5.92 Å². The summed E-state index contributed by atoms with van der Waals surface area (Å²) >= 11 is 1.93. The van der Waals surface area contributed by atoms with Crippen molar-refractivity contribution >= 4 is 11.8 Å². The minimum atomic E-state index is 0.0413. The molecule has 4 nitrogen and oxygen atoms in total. The first-order valence-corrected chi connectivity index (χ1v) is 12.2. The summed E-state index contributed by atoms with van der Waals surface area (Å²) < 4.78 is 16.7. The summed E-state index contributed by atoms with van der Waals surface area (Å²) in [5.74, 6) is 3.27. The normalized spacial score (nSPS) is 20.3. The van der Waals surface area contributed by atoms with Gasteiger partial charge in [0.1, 0.15) is 11.5 Å². The number of unbranched alkanes of at least 4 members (excludes halogenated alkanes) is 2. The standard InChI is InChI=1S/C26H36O4S/c1-26(20-9-11-21(28-2)12-10-20)19-31-25-18-22(29-3)13-14-23(25)24(26)8-7-17-30-16-6-4-5-15-27/h9-14,18,24,27H,4-8,15-17,19H2,1-3H3/t24?,26-/m1/s1. The zero-order valence-electron chi connectivity index (χ0n) is 19.1. The predicted molar refractivity (Wildman–Crippen MR) is 128 cm³/mol. The quantitative estimate of drug-likeness (QED) is 0.419. The third-order valence-electron chi connectivity index (χ3n) is 6.37. The van der Waals surface area contributed by atoms with Gasteiger partial charge < -0.3 is 19.3 Å². The van der Waals surface area contributed by atoms with Gasteiger partial charge in [0.05, 0.1) is 14.2 Å². The minimum absolute atomic E-state index is 0.0413. The van der Waals surface area contributed by atoms with Crippen LogP contribution in [0.15, 0.2) is 47.4 Å².